The van der Waals surface area contributed by atoms with Crippen molar-refractivity contribution < 1.29 is 12.8 Å². The minimum atomic E-state index is -3.60. The lowest BCUT2D eigenvalue weighted by atomic mass is 10.2. The van der Waals surface area contributed by atoms with Crippen molar-refractivity contribution in [2.24, 2.45) is 0 Å². The molecule has 0 saturated heterocycles. The third-order valence-corrected chi connectivity index (χ3v) is 5.76. The molecule has 6 nitrogen and oxygen atoms in total. The quantitative estimate of drug-likeness (QED) is 0.543. The van der Waals surface area contributed by atoms with Crippen molar-refractivity contribution >= 4 is 21.2 Å². The first-order valence-corrected chi connectivity index (χ1v) is 10.1. The van der Waals surface area contributed by atoms with E-state index in [0.29, 0.717) is 23.5 Å². The van der Waals surface area contributed by atoms with Gasteiger partial charge in [0.1, 0.15) is 17.2 Å². The summed E-state index contributed by atoms with van der Waals surface area (Å²) in [4.78, 5) is 9.16. The molecular weight excluding hydrogens is 379 g/mol. The number of imidazole rings is 1. The van der Waals surface area contributed by atoms with E-state index in [1.165, 1.54) is 12.1 Å². The molecule has 0 atom stereocenters. The van der Waals surface area contributed by atoms with Crippen LogP contribution in [0.1, 0.15) is 0 Å². The molecule has 0 aliphatic heterocycles. The van der Waals surface area contributed by atoms with E-state index < -0.39 is 10.0 Å². The summed E-state index contributed by atoms with van der Waals surface area (Å²) in [5, 5.41) is 0. The molecule has 0 aliphatic rings. The minimum Gasteiger partial charge on any atom is -0.307 e. The van der Waals surface area contributed by atoms with Gasteiger partial charge in [0.25, 0.3) is 0 Å². The van der Waals surface area contributed by atoms with Crippen molar-refractivity contribution in [3.05, 3.63) is 78.7 Å². The van der Waals surface area contributed by atoms with Crippen LogP contribution in [0.3, 0.4) is 0 Å². The minimum absolute atomic E-state index is 0.160. The summed E-state index contributed by atoms with van der Waals surface area (Å²) in [5.41, 5.74) is 2.05. The van der Waals surface area contributed by atoms with Crippen molar-refractivity contribution in [3.8, 4) is 11.4 Å². The van der Waals surface area contributed by atoms with Gasteiger partial charge in [-0.15, -0.1) is 0 Å². The fourth-order valence-corrected chi connectivity index (χ4v) is 4.01. The predicted octanol–water partition coefficient (Wildman–Crippen LogP) is 3.22. The van der Waals surface area contributed by atoms with Gasteiger partial charge in [0.15, 0.2) is 5.65 Å². The van der Waals surface area contributed by atoms with Gasteiger partial charge in [-0.05, 0) is 48.5 Å². The maximum Gasteiger partial charge on any atom is 0.240 e. The Labute approximate surface area is 161 Å². The Morgan fingerprint density at radius 2 is 1.71 bits per heavy atom. The van der Waals surface area contributed by atoms with Gasteiger partial charge in [0.2, 0.25) is 10.0 Å². The molecule has 0 aliphatic carbocycles. The zero-order chi connectivity index (χ0) is 19.6. The Bertz CT molecular complexity index is 1210. The SMILES string of the molecule is O=S(=O)(NCCn1c(-c2ccc(F)cc2)nc2cccnc21)c1ccccc1. The zero-order valence-electron chi connectivity index (χ0n) is 14.8. The average molecular weight is 396 g/mol. The highest BCUT2D eigenvalue weighted by Gasteiger charge is 2.16. The first-order chi connectivity index (χ1) is 13.5. The molecule has 2 aromatic carbocycles. The highest BCUT2D eigenvalue weighted by Crippen LogP contribution is 2.23. The van der Waals surface area contributed by atoms with Crippen molar-refractivity contribution in [3.63, 3.8) is 0 Å². The topological polar surface area (TPSA) is 76.9 Å². The summed E-state index contributed by atoms with van der Waals surface area (Å²) in [6.07, 6.45) is 1.66. The number of pyridine rings is 1. The number of aromatic nitrogens is 3. The number of rotatable bonds is 6. The summed E-state index contributed by atoms with van der Waals surface area (Å²) in [6.45, 7) is 0.486. The Hall–Kier alpha value is -3.10. The van der Waals surface area contributed by atoms with Crippen molar-refractivity contribution in [2.75, 3.05) is 6.54 Å². The lowest BCUT2D eigenvalue weighted by molar-refractivity contribution is 0.574. The van der Waals surface area contributed by atoms with Gasteiger partial charge < -0.3 is 4.57 Å². The van der Waals surface area contributed by atoms with E-state index in [4.69, 9.17) is 0 Å². The molecule has 4 aromatic rings. The van der Waals surface area contributed by atoms with Crippen LogP contribution in [0.15, 0.2) is 77.8 Å². The van der Waals surface area contributed by atoms with Gasteiger partial charge in [-0.3, -0.25) is 0 Å². The highest BCUT2D eigenvalue weighted by atomic mass is 32.2. The summed E-state index contributed by atoms with van der Waals surface area (Å²) < 4.78 is 42.6. The van der Waals surface area contributed by atoms with E-state index in [1.807, 2.05) is 10.6 Å². The number of sulfonamides is 1. The molecule has 0 saturated carbocycles. The number of nitrogens with one attached hydrogen (secondary N) is 1. The largest absolute Gasteiger partial charge is 0.307 e. The summed E-state index contributed by atoms with van der Waals surface area (Å²) in [7, 11) is -3.60. The molecule has 0 fully saturated rings. The predicted molar refractivity (Wildman–Crippen MR) is 105 cm³/mol. The maximum atomic E-state index is 13.3. The molecule has 1 N–H and O–H groups in total. The van der Waals surface area contributed by atoms with E-state index in [2.05, 4.69) is 14.7 Å². The fourth-order valence-electron chi connectivity index (χ4n) is 2.96. The molecule has 0 amide bonds. The molecule has 8 heteroatoms. The Balaban J connectivity index is 1.63. The number of halogens is 1. The van der Waals surface area contributed by atoms with Gasteiger partial charge >= 0.3 is 0 Å². The summed E-state index contributed by atoms with van der Waals surface area (Å²) in [6, 6.07) is 17.8. The van der Waals surface area contributed by atoms with Crippen LogP contribution in [-0.2, 0) is 16.6 Å². The molecule has 0 spiro atoms. The van der Waals surface area contributed by atoms with Crippen molar-refractivity contribution in [1.29, 1.82) is 0 Å². The molecule has 0 radical (unpaired) electrons. The second-order valence-corrected chi connectivity index (χ2v) is 7.92. The first kappa shape index (κ1) is 18.3. The van der Waals surface area contributed by atoms with E-state index in [0.717, 1.165) is 5.56 Å². The van der Waals surface area contributed by atoms with Crippen LogP contribution in [0.4, 0.5) is 4.39 Å². The van der Waals surface area contributed by atoms with E-state index in [9.17, 15) is 12.8 Å². The molecule has 2 aromatic heterocycles. The van der Waals surface area contributed by atoms with Crippen LogP contribution >= 0.6 is 0 Å². The van der Waals surface area contributed by atoms with Crippen LogP contribution < -0.4 is 4.72 Å². The fraction of sp³-hybridized carbons (Fsp3) is 0.100. The lowest BCUT2D eigenvalue weighted by Gasteiger charge is -2.10. The van der Waals surface area contributed by atoms with Crippen LogP contribution in [0.25, 0.3) is 22.6 Å². The molecule has 2 heterocycles. The van der Waals surface area contributed by atoms with E-state index in [1.54, 1.807) is 54.7 Å². The average Bonchev–Trinajstić information content (AvgIpc) is 3.08. The maximum absolute atomic E-state index is 13.3. The first-order valence-electron chi connectivity index (χ1n) is 8.66. The number of hydrogen-bond donors (Lipinski definition) is 1. The van der Waals surface area contributed by atoms with E-state index in [-0.39, 0.29) is 17.3 Å². The number of benzene rings is 2. The number of hydrogen-bond acceptors (Lipinski definition) is 4. The summed E-state index contributed by atoms with van der Waals surface area (Å²) >= 11 is 0. The smallest absolute Gasteiger partial charge is 0.240 e. The van der Waals surface area contributed by atoms with Crippen LogP contribution in [0.5, 0.6) is 0 Å². The molecular formula is C20H17FN4O2S. The highest BCUT2D eigenvalue weighted by molar-refractivity contribution is 7.89. The van der Waals surface area contributed by atoms with Crippen LogP contribution in [0, 0.1) is 5.82 Å². The van der Waals surface area contributed by atoms with Gasteiger partial charge in [-0.1, -0.05) is 18.2 Å². The second kappa shape index (κ2) is 7.49. The van der Waals surface area contributed by atoms with Gasteiger partial charge in [-0.25, -0.2) is 27.5 Å². The lowest BCUT2D eigenvalue weighted by Crippen LogP contribution is -2.27. The second-order valence-electron chi connectivity index (χ2n) is 6.15. The van der Waals surface area contributed by atoms with Crippen LogP contribution in [0.2, 0.25) is 0 Å². The number of nitrogens with zero attached hydrogens (tertiary/aromatic N) is 3. The van der Waals surface area contributed by atoms with Gasteiger partial charge in [-0.2, -0.15) is 0 Å². The van der Waals surface area contributed by atoms with E-state index >= 15 is 0 Å². The standard InChI is InChI=1S/C20H17FN4O2S/c21-16-10-8-15(9-11-16)19-24-18-7-4-12-22-20(18)25(19)14-13-23-28(26,27)17-5-2-1-3-6-17/h1-12,23H,13-14H2. The molecule has 0 bridgehead atoms. The Morgan fingerprint density at radius 1 is 0.964 bits per heavy atom. The molecule has 0 unspecified atom stereocenters. The Kier molecular flexibility index (Phi) is 4.89. The van der Waals surface area contributed by atoms with Gasteiger partial charge in [0.05, 0.1) is 4.90 Å². The molecule has 28 heavy (non-hydrogen) atoms. The van der Waals surface area contributed by atoms with Crippen molar-refractivity contribution in [2.45, 2.75) is 11.4 Å². The monoisotopic (exact) mass is 396 g/mol. The molecule has 4 rings (SSSR count). The zero-order valence-corrected chi connectivity index (χ0v) is 15.6. The van der Waals surface area contributed by atoms with Crippen molar-refractivity contribution in [1.82, 2.24) is 19.3 Å². The number of fused-ring (bicyclic) bond motifs is 1. The third kappa shape index (κ3) is 3.64. The summed E-state index contributed by atoms with van der Waals surface area (Å²) in [5.74, 6) is 0.271. The Morgan fingerprint density at radius 3 is 2.46 bits per heavy atom. The van der Waals surface area contributed by atoms with Gasteiger partial charge in [0, 0.05) is 24.8 Å². The van der Waals surface area contributed by atoms with Crippen LogP contribution in [-0.4, -0.2) is 29.5 Å². The normalized spacial score (nSPS) is 11.8. The third-order valence-electron chi connectivity index (χ3n) is 4.29. The molecule has 142 valence electrons.